The molecular formula is C17H28N2OS. The lowest BCUT2D eigenvalue weighted by molar-refractivity contribution is -0.126. The van der Waals surface area contributed by atoms with Crippen LogP contribution in [0, 0.1) is 18.8 Å². The number of hydrogen-bond acceptors (Lipinski definition) is 3. The van der Waals surface area contributed by atoms with Crippen LogP contribution in [0.5, 0.6) is 0 Å². The number of carbonyl (C=O) groups excluding carboxylic acids is 1. The molecule has 0 atom stereocenters. The topological polar surface area (TPSA) is 42.0 Å². The van der Waals surface area contributed by atoms with Gasteiger partial charge in [-0.15, -0.1) is 11.3 Å². The van der Waals surface area contributed by atoms with Crippen molar-refractivity contribution in [3.05, 3.63) is 16.1 Å². The van der Waals surface area contributed by atoms with Gasteiger partial charge < -0.3 is 5.32 Å². The first-order valence-corrected chi connectivity index (χ1v) is 9.25. The van der Waals surface area contributed by atoms with E-state index in [1.165, 1.54) is 32.1 Å². The fraction of sp³-hybridized carbons (Fsp3) is 0.765. The Morgan fingerprint density at radius 2 is 2.14 bits per heavy atom. The molecule has 21 heavy (non-hydrogen) atoms. The molecule has 0 spiro atoms. The summed E-state index contributed by atoms with van der Waals surface area (Å²) in [5, 5.41) is 6.28. The molecule has 0 unspecified atom stereocenters. The quantitative estimate of drug-likeness (QED) is 0.823. The van der Waals surface area contributed by atoms with E-state index in [0.717, 1.165) is 42.4 Å². The molecule has 1 aromatic heterocycles. The predicted molar refractivity (Wildman–Crippen MR) is 88.5 cm³/mol. The third-order valence-electron chi connectivity index (χ3n) is 4.53. The molecule has 1 aliphatic rings. The van der Waals surface area contributed by atoms with Crippen molar-refractivity contribution in [2.45, 2.75) is 65.2 Å². The normalized spacial score (nSPS) is 22.2. The van der Waals surface area contributed by atoms with Crippen molar-refractivity contribution in [1.82, 2.24) is 10.3 Å². The molecule has 0 saturated heterocycles. The summed E-state index contributed by atoms with van der Waals surface area (Å²) in [6.45, 7) is 4.99. The predicted octanol–water partition coefficient (Wildman–Crippen LogP) is 4.11. The minimum absolute atomic E-state index is 0.250. The highest BCUT2D eigenvalue weighted by Gasteiger charge is 2.25. The van der Waals surface area contributed by atoms with Crippen molar-refractivity contribution < 1.29 is 4.79 Å². The zero-order valence-corrected chi connectivity index (χ0v) is 14.2. The van der Waals surface area contributed by atoms with Crippen LogP contribution >= 0.6 is 11.3 Å². The number of aryl methyl sites for hydroxylation is 1. The van der Waals surface area contributed by atoms with Gasteiger partial charge in [0, 0.05) is 24.3 Å². The van der Waals surface area contributed by atoms with Gasteiger partial charge in [-0.25, -0.2) is 4.98 Å². The molecule has 1 aromatic rings. The van der Waals surface area contributed by atoms with E-state index < -0.39 is 0 Å². The Hall–Kier alpha value is -0.900. The number of nitrogens with one attached hydrogen (secondary N) is 1. The molecule has 1 heterocycles. The Labute approximate surface area is 132 Å². The van der Waals surface area contributed by atoms with E-state index in [1.807, 2.05) is 6.92 Å². The molecule has 0 bridgehead atoms. The highest BCUT2D eigenvalue weighted by molar-refractivity contribution is 7.09. The number of hydrogen-bond donors (Lipinski definition) is 1. The van der Waals surface area contributed by atoms with Gasteiger partial charge in [0.15, 0.2) is 0 Å². The van der Waals surface area contributed by atoms with Crippen LogP contribution in [0.2, 0.25) is 0 Å². The van der Waals surface area contributed by atoms with Gasteiger partial charge in [0.05, 0.1) is 10.7 Å². The number of thiazole rings is 1. The van der Waals surface area contributed by atoms with E-state index >= 15 is 0 Å². The molecule has 1 fully saturated rings. The molecule has 0 radical (unpaired) electrons. The minimum atomic E-state index is 0.250. The molecule has 1 saturated carbocycles. The zero-order chi connectivity index (χ0) is 15.1. The van der Waals surface area contributed by atoms with Gasteiger partial charge in [-0.1, -0.05) is 26.2 Å². The van der Waals surface area contributed by atoms with Crippen LogP contribution in [0.25, 0.3) is 0 Å². The second-order valence-corrected chi connectivity index (χ2v) is 7.32. The van der Waals surface area contributed by atoms with Crippen LogP contribution in [-0.4, -0.2) is 17.4 Å². The van der Waals surface area contributed by atoms with Crippen molar-refractivity contribution in [3.63, 3.8) is 0 Å². The maximum atomic E-state index is 12.2. The summed E-state index contributed by atoms with van der Waals surface area (Å²) in [7, 11) is 0. The number of nitrogens with zero attached hydrogens (tertiary/aromatic N) is 1. The molecular weight excluding hydrogens is 280 g/mol. The van der Waals surface area contributed by atoms with Crippen molar-refractivity contribution in [3.8, 4) is 0 Å². The van der Waals surface area contributed by atoms with Gasteiger partial charge in [-0.3, -0.25) is 4.79 Å². The lowest BCUT2D eigenvalue weighted by Crippen LogP contribution is -2.34. The van der Waals surface area contributed by atoms with E-state index in [2.05, 4.69) is 22.6 Å². The lowest BCUT2D eigenvalue weighted by atomic mass is 9.79. The number of unbranched alkanes of at least 4 members (excludes halogenated alkanes) is 1. The number of aromatic nitrogens is 1. The Morgan fingerprint density at radius 3 is 2.76 bits per heavy atom. The maximum Gasteiger partial charge on any atom is 0.223 e. The first-order valence-electron chi connectivity index (χ1n) is 8.37. The third-order valence-corrected chi connectivity index (χ3v) is 5.35. The number of amides is 1. The fourth-order valence-corrected chi connectivity index (χ4v) is 3.83. The van der Waals surface area contributed by atoms with Gasteiger partial charge in [-0.05, 0) is 38.5 Å². The molecule has 1 aliphatic carbocycles. The summed E-state index contributed by atoms with van der Waals surface area (Å²) in [4.78, 5) is 16.6. The molecule has 2 rings (SSSR count). The first kappa shape index (κ1) is 16.5. The molecule has 1 N–H and O–H groups in total. The first-order chi connectivity index (χ1) is 10.2. The standard InChI is InChI=1S/C17H28N2OS/c1-3-4-5-14-6-8-15(9-7-14)17(20)18-11-10-16-12-21-13(2)19-16/h12,14-15H,3-11H2,1-2H3,(H,18,20). The van der Waals surface area contributed by atoms with E-state index in [1.54, 1.807) is 11.3 Å². The average molecular weight is 308 g/mol. The van der Waals surface area contributed by atoms with E-state index in [9.17, 15) is 4.79 Å². The SMILES string of the molecule is CCCCC1CCC(C(=O)NCCc2csc(C)n2)CC1. The van der Waals surface area contributed by atoms with E-state index in [4.69, 9.17) is 0 Å². The minimum Gasteiger partial charge on any atom is -0.355 e. The Kier molecular flexibility index (Phi) is 6.68. The van der Waals surface area contributed by atoms with Crippen LogP contribution in [-0.2, 0) is 11.2 Å². The largest absolute Gasteiger partial charge is 0.355 e. The fourth-order valence-electron chi connectivity index (χ4n) is 3.19. The summed E-state index contributed by atoms with van der Waals surface area (Å²) in [6.07, 6.45) is 9.47. The highest BCUT2D eigenvalue weighted by Crippen LogP contribution is 2.31. The molecule has 118 valence electrons. The zero-order valence-electron chi connectivity index (χ0n) is 13.4. The van der Waals surface area contributed by atoms with Crippen molar-refractivity contribution in [2.24, 2.45) is 11.8 Å². The van der Waals surface area contributed by atoms with Gasteiger partial charge in [0.1, 0.15) is 0 Å². The average Bonchev–Trinajstić information content (AvgIpc) is 2.91. The summed E-state index contributed by atoms with van der Waals surface area (Å²) in [5.74, 6) is 1.38. The monoisotopic (exact) mass is 308 g/mol. The lowest BCUT2D eigenvalue weighted by Gasteiger charge is -2.27. The molecule has 3 nitrogen and oxygen atoms in total. The van der Waals surface area contributed by atoms with Gasteiger partial charge >= 0.3 is 0 Å². The Morgan fingerprint density at radius 1 is 1.38 bits per heavy atom. The summed E-state index contributed by atoms with van der Waals surface area (Å²) >= 11 is 1.67. The third kappa shape index (κ3) is 5.42. The second kappa shape index (κ2) is 8.52. The van der Waals surface area contributed by atoms with Gasteiger partial charge in [-0.2, -0.15) is 0 Å². The summed E-state index contributed by atoms with van der Waals surface area (Å²) in [5.41, 5.74) is 1.10. The number of rotatable bonds is 7. The van der Waals surface area contributed by atoms with Crippen LogP contribution in [0.15, 0.2) is 5.38 Å². The van der Waals surface area contributed by atoms with E-state index in [-0.39, 0.29) is 11.8 Å². The van der Waals surface area contributed by atoms with Crippen LogP contribution in [0.3, 0.4) is 0 Å². The summed E-state index contributed by atoms with van der Waals surface area (Å²) < 4.78 is 0. The van der Waals surface area contributed by atoms with E-state index in [0.29, 0.717) is 0 Å². The smallest absolute Gasteiger partial charge is 0.223 e. The van der Waals surface area contributed by atoms with Crippen LogP contribution in [0.1, 0.15) is 62.6 Å². The second-order valence-electron chi connectivity index (χ2n) is 6.26. The van der Waals surface area contributed by atoms with Gasteiger partial charge in [0.2, 0.25) is 5.91 Å². The summed E-state index contributed by atoms with van der Waals surface area (Å²) in [6, 6.07) is 0. The maximum absolute atomic E-state index is 12.2. The van der Waals surface area contributed by atoms with Gasteiger partial charge in [0.25, 0.3) is 0 Å². The Bertz CT molecular complexity index is 436. The molecule has 1 amide bonds. The van der Waals surface area contributed by atoms with Crippen molar-refractivity contribution in [2.75, 3.05) is 6.54 Å². The Balaban J connectivity index is 1.63. The van der Waals surface area contributed by atoms with Crippen LogP contribution < -0.4 is 5.32 Å². The molecule has 0 aromatic carbocycles. The van der Waals surface area contributed by atoms with Crippen molar-refractivity contribution >= 4 is 17.2 Å². The highest BCUT2D eigenvalue weighted by atomic mass is 32.1. The number of carbonyl (C=O) groups is 1. The molecule has 0 aliphatic heterocycles. The van der Waals surface area contributed by atoms with Crippen molar-refractivity contribution in [1.29, 1.82) is 0 Å². The van der Waals surface area contributed by atoms with Crippen LogP contribution in [0.4, 0.5) is 0 Å². The molecule has 4 heteroatoms.